The Hall–Kier alpha value is -2.20. The summed E-state index contributed by atoms with van der Waals surface area (Å²) in [6, 6.07) is -1.22. The lowest BCUT2D eigenvalue weighted by Crippen LogP contribution is -2.67. The lowest BCUT2D eigenvalue weighted by Gasteiger charge is -2.63. The first-order valence-electron chi connectivity index (χ1n) is 12.7. The smallest absolute Gasteiger partial charge is 0.240 e. The molecule has 34 heavy (non-hydrogen) atoms. The van der Waals surface area contributed by atoms with Crippen molar-refractivity contribution in [2.45, 2.75) is 87.4 Å². The van der Waals surface area contributed by atoms with E-state index in [9.17, 15) is 24.3 Å². The second kappa shape index (κ2) is 8.48. The van der Waals surface area contributed by atoms with Gasteiger partial charge in [-0.2, -0.15) is 0 Å². The first-order valence-corrected chi connectivity index (χ1v) is 12.7. The number of carbonyl (C=O) groups is 4. The van der Waals surface area contributed by atoms with Crippen LogP contribution >= 0.6 is 0 Å². The van der Waals surface area contributed by atoms with Crippen molar-refractivity contribution in [3.63, 3.8) is 0 Å². The van der Waals surface area contributed by atoms with E-state index in [4.69, 9.17) is 11.5 Å². The maximum Gasteiger partial charge on any atom is 0.240 e. The summed E-state index contributed by atoms with van der Waals surface area (Å²) in [5.74, 6) is -0.643. The number of rotatable bonds is 7. The zero-order valence-electron chi connectivity index (χ0n) is 19.8. The summed E-state index contributed by atoms with van der Waals surface area (Å²) in [4.78, 5) is 55.7. The molecule has 5 N–H and O–H groups in total. The minimum Gasteiger partial charge on any atom is -0.390 e. The van der Waals surface area contributed by atoms with E-state index in [1.54, 1.807) is 9.80 Å². The molecule has 6 rings (SSSR count). The second-order valence-corrected chi connectivity index (χ2v) is 11.6. The van der Waals surface area contributed by atoms with E-state index in [1.807, 2.05) is 4.90 Å². The minimum atomic E-state index is -0.749. The molecule has 6 aliphatic rings. The molecule has 2 saturated heterocycles. The molecule has 0 aromatic rings. The fraction of sp³-hybridized carbons (Fsp3) is 0.833. The summed E-state index contributed by atoms with van der Waals surface area (Å²) >= 11 is 0. The molecule has 0 aromatic carbocycles. The Labute approximate surface area is 200 Å². The van der Waals surface area contributed by atoms with Crippen LogP contribution in [0, 0.1) is 11.8 Å². The molecule has 10 nitrogen and oxygen atoms in total. The minimum absolute atomic E-state index is 0.000117. The number of aliphatic hydroxyl groups is 1. The van der Waals surface area contributed by atoms with E-state index in [-0.39, 0.29) is 24.9 Å². The Bertz CT molecular complexity index is 833. The van der Waals surface area contributed by atoms with Crippen LogP contribution in [0.15, 0.2) is 0 Å². The molecule has 188 valence electrons. The first kappa shape index (κ1) is 23.5. The molecule has 4 atom stereocenters. The summed E-state index contributed by atoms with van der Waals surface area (Å²) in [5.41, 5.74) is 9.90. The number of carbonyl (C=O) groups excluding carboxylic acids is 4. The highest BCUT2D eigenvalue weighted by molar-refractivity contribution is 5.90. The SMILES string of the molecule is NC(=O)[C@@H]1CCCN1C(=O)CN(CC(=O)N1CCC[C@H]1C(N)=O)C12CC3CC(CC(O)(C3)C1)C2. The Morgan fingerprint density at radius 3 is 1.71 bits per heavy atom. The van der Waals surface area contributed by atoms with Gasteiger partial charge in [0.1, 0.15) is 12.1 Å². The standard InChI is InChI=1S/C24H37N5O5/c25-21(32)17-3-1-5-28(17)19(30)12-27(13-20(31)29-6-2-4-18(29)22(26)33)23-8-15-7-16(9-23)11-24(34,10-15)14-23/h15-18,34H,1-14H2,(H2,25,32)(H2,26,33)/t15?,16?,17-,18-,23?,24?/m0/s1. The van der Waals surface area contributed by atoms with E-state index < -0.39 is 35.0 Å². The molecule has 2 unspecified atom stereocenters. The van der Waals surface area contributed by atoms with Gasteiger partial charge in [0.15, 0.2) is 0 Å². The number of primary amides is 2. The highest BCUT2D eigenvalue weighted by Gasteiger charge is 2.59. The number of nitrogens with zero attached hydrogens (tertiary/aromatic N) is 3. The molecule has 2 aliphatic heterocycles. The molecule has 4 bridgehead atoms. The van der Waals surface area contributed by atoms with Crippen LogP contribution in [0.4, 0.5) is 0 Å². The molecule has 4 saturated carbocycles. The fourth-order valence-corrected chi connectivity index (χ4v) is 8.16. The van der Waals surface area contributed by atoms with Gasteiger partial charge >= 0.3 is 0 Å². The largest absolute Gasteiger partial charge is 0.390 e. The second-order valence-electron chi connectivity index (χ2n) is 11.6. The number of likely N-dealkylation sites (tertiary alicyclic amines) is 2. The van der Waals surface area contributed by atoms with Gasteiger partial charge in [0.05, 0.1) is 18.7 Å². The van der Waals surface area contributed by atoms with Crippen LogP contribution in [-0.2, 0) is 19.2 Å². The van der Waals surface area contributed by atoms with Gasteiger partial charge in [-0.05, 0) is 76.0 Å². The third-order valence-electron chi connectivity index (χ3n) is 9.13. The predicted octanol–water partition coefficient (Wildman–Crippen LogP) is -0.675. The van der Waals surface area contributed by atoms with Crippen molar-refractivity contribution in [3.05, 3.63) is 0 Å². The fourth-order valence-electron chi connectivity index (χ4n) is 8.16. The van der Waals surface area contributed by atoms with Crippen LogP contribution in [0.1, 0.15) is 64.2 Å². The third kappa shape index (κ3) is 4.08. The zero-order chi connectivity index (χ0) is 24.3. The summed E-state index contributed by atoms with van der Waals surface area (Å²) < 4.78 is 0. The molecule has 6 fully saturated rings. The van der Waals surface area contributed by atoms with Crippen LogP contribution in [0.5, 0.6) is 0 Å². The third-order valence-corrected chi connectivity index (χ3v) is 9.13. The van der Waals surface area contributed by atoms with Crippen molar-refractivity contribution >= 4 is 23.6 Å². The lowest BCUT2D eigenvalue weighted by molar-refractivity contribution is -0.182. The first-order chi connectivity index (χ1) is 16.1. The zero-order valence-corrected chi connectivity index (χ0v) is 19.8. The van der Waals surface area contributed by atoms with Crippen LogP contribution in [0.3, 0.4) is 0 Å². The van der Waals surface area contributed by atoms with Crippen LogP contribution < -0.4 is 11.5 Å². The van der Waals surface area contributed by atoms with Gasteiger partial charge in [0.2, 0.25) is 23.6 Å². The maximum atomic E-state index is 13.4. The highest BCUT2D eigenvalue weighted by atomic mass is 16.3. The quantitative estimate of drug-likeness (QED) is 0.444. The van der Waals surface area contributed by atoms with Gasteiger partial charge < -0.3 is 26.4 Å². The average Bonchev–Trinajstić information content (AvgIpc) is 3.41. The van der Waals surface area contributed by atoms with Gasteiger partial charge in [-0.25, -0.2) is 0 Å². The van der Waals surface area contributed by atoms with Gasteiger partial charge in [0.25, 0.3) is 0 Å². The monoisotopic (exact) mass is 475 g/mol. The number of hydrogen-bond donors (Lipinski definition) is 3. The maximum absolute atomic E-state index is 13.4. The summed E-state index contributed by atoms with van der Waals surface area (Å²) in [6.07, 6.45) is 7.47. The van der Waals surface area contributed by atoms with Crippen molar-refractivity contribution in [2.75, 3.05) is 26.2 Å². The number of hydrogen-bond acceptors (Lipinski definition) is 6. The normalized spacial score (nSPS) is 38.6. The molecule has 10 heteroatoms. The summed E-state index contributed by atoms with van der Waals surface area (Å²) in [6.45, 7) is 0.957. The summed E-state index contributed by atoms with van der Waals surface area (Å²) in [7, 11) is 0. The Morgan fingerprint density at radius 1 is 0.824 bits per heavy atom. The van der Waals surface area contributed by atoms with E-state index in [1.165, 1.54) is 0 Å². The highest BCUT2D eigenvalue weighted by Crippen LogP contribution is 2.59. The topological polar surface area (TPSA) is 150 Å². The molecular weight excluding hydrogens is 438 g/mol. The molecule has 0 radical (unpaired) electrons. The average molecular weight is 476 g/mol. The molecule has 2 heterocycles. The Kier molecular flexibility index (Phi) is 5.87. The van der Waals surface area contributed by atoms with Gasteiger partial charge in [-0.15, -0.1) is 0 Å². The van der Waals surface area contributed by atoms with Crippen LogP contribution in [-0.4, -0.2) is 92.8 Å². The van der Waals surface area contributed by atoms with Gasteiger partial charge in [0, 0.05) is 18.6 Å². The van der Waals surface area contributed by atoms with Gasteiger partial charge in [-0.3, -0.25) is 24.1 Å². The van der Waals surface area contributed by atoms with Crippen molar-refractivity contribution in [3.8, 4) is 0 Å². The van der Waals surface area contributed by atoms with E-state index in [2.05, 4.69) is 0 Å². The van der Waals surface area contributed by atoms with Crippen molar-refractivity contribution < 1.29 is 24.3 Å². The number of nitrogens with two attached hydrogens (primary N) is 2. The predicted molar refractivity (Wildman–Crippen MR) is 122 cm³/mol. The van der Waals surface area contributed by atoms with E-state index >= 15 is 0 Å². The molecule has 4 amide bonds. The van der Waals surface area contributed by atoms with E-state index in [0.717, 1.165) is 44.9 Å². The molecule has 4 aliphatic carbocycles. The molecule has 0 aromatic heterocycles. The van der Waals surface area contributed by atoms with E-state index in [0.29, 0.717) is 44.2 Å². The number of amides is 4. The van der Waals surface area contributed by atoms with Crippen LogP contribution in [0.25, 0.3) is 0 Å². The van der Waals surface area contributed by atoms with Crippen molar-refractivity contribution in [2.24, 2.45) is 23.3 Å². The van der Waals surface area contributed by atoms with Crippen LogP contribution in [0.2, 0.25) is 0 Å². The van der Waals surface area contributed by atoms with Crippen molar-refractivity contribution in [1.82, 2.24) is 14.7 Å². The Morgan fingerprint density at radius 2 is 1.29 bits per heavy atom. The lowest BCUT2D eigenvalue weighted by atomic mass is 9.50. The summed E-state index contributed by atoms with van der Waals surface area (Å²) in [5, 5.41) is 11.3. The molecular formula is C24H37N5O5. The Balaban J connectivity index is 1.40. The van der Waals surface area contributed by atoms with Crippen molar-refractivity contribution in [1.29, 1.82) is 0 Å². The van der Waals surface area contributed by atoms with Gasteiger partial charge in [-0.1, -0.05) is 0 Å². The molecule has 0 spiro atoms.